The maximum absolute atomic E-state index is 12.3. The van der Waals surface area contributed by atoms with Crippen LogP contribution in [0.15, 0.2) is 12.1 Å². The molecule has 9 heteroatoms. The van der Waals surface area contributed by atoms with Crippen LogP contribution in [0.3, 0.4) is 0 Å². The fourth-order valence-corrected chi connectivity index (χ4v) is 3.06. The fourth-order valence-electron chi connectivity index (χ4n) is 3.06. The van der Waals surface area contributed by atoms with Crippen molar-refractivity contribution in [2.75, 3.05) is 41.0 Å². The molecule has 0 unspecified atom stereocenters. The first-order chi connectivity index (χ1) is 14.2. The molecule has 2 N–H and O–H groups in total. The molecule has 1 aromatic rings. The smallest absolute Gasteiger partial charge is 0.311 e. The van der Waals surface area contributed by atoms with Crippen molar-refractivity contribution in [3.8, 4) is 17.2 Å². The lowest BCUT2D eigenvalue weighted by Crippen LogP contribution is -2.31. The summed E-state index contributed by atoms with van der Waals surface area (Å²) in [6, 6.07) is 3.44. The highest BCUT2D eigenvalue weighted by atomic mass is 16.7. The molecule has 1 aliphatic rings. The summed E-state index contributed by atoms with van der Waals surface area (Å²) in [5, 5.41) is 19.5. The summed E-state index contributed by atoms with van der Waals surface area (Å²) < 4.78 is 32.9. The summed E-state index contributed by atoms with van der Waals surface area (Å²) in [5.41, 5.74) is -0.0554. The van der Waals surface area contributed by atoms with E-state index >= 15 is 0 Å². The number of hydrogen-bond donors (Lipinski definition) is 2. The number of hydrogen-bond acceptors (Lipinski definition) is 9. The van der Waals surface area contributed by atoms with Gasteiger partial charge in [0, 0.05) is 24.7 Å². The Morgan fingerprint density at radius 3 is 2.43 bits per heavy atom. The van der Waals surface area contributed by atoms with Gasteiger partial charge in [-0.2, -0.15) is 0 Å². The first-order valence-electron chi connectivity index (χ1n) is 9.75. The zero-order valence-electron chi connectivity index (χ0n) is 18.2. The van der Waals surface area contributed by atoms with Crippen molar-refractivity contribution in [2.24, 2.45) is 11.3 Å². The summed E-state index contributed by atoms with van der Waals surface area (Å²) in [4.78, 5) is 12.3. The van der Waals surface area contributed by atoms with E-state index in [4.69, 9.17) is 28.4 Å². The van der Waals surface area contributed by atoms with Crippen LogP contribution in [-0.4, -0.2) is 63.3 Å². The number of aliphatic hydroxyl groups excluding tert-OH is 2. The molecule has 0 radical (unpaired) electrons. The van der Waals surface area contributed by atoms with E-state index in [2.05, 4.69) is 0 Å². The number of carbonyl (C=O) groups is 1. The predicted octanol–water partition coefficient (Wildman–Crippen LogP) is 2.03. The lowest BCUT2D eigenvalue weighted by atomic mass is 9.90. The second-order valence-electron chi connectivity index (χ2n) is 8.12. The first kappa shape index (κ1) is 24.2. The zero-order chi connectivity index (χ0) is 22.3. The Labute approximate surface area is 176 Å². The minimum absolute atomic E-state index is 0.0286. The molecule has 0 saturated carbocycles. The molecule has 0 aromatic heterocycles. The first-order valence-corrected chi connectivity index (χ1v) is 9.75. The number of rotatable bonds is 11. The van der Waals surface area contributed by atoms with Gasteiger partial charge in [-0.3, -0.25) is 4.79 Å². The van der Waals surface area contributed by atoms with Crippen molar-refractivity contribution in [3.63, 3.8) is 0 Å². The number of methoxy groups -OCH3 is 2. The van der Waals surface area contributed by atoms with Crippen LogP contribution in [0.1, 0.15) is 38.9 Å². The molecule has 1 aliphatic heterocycles. The highest BCUT2D eigenvalue weighted by molar-refractivity contribution is 5.75. The SMILES string of the molecule is COCO[C@H](c1cc2c(cc1OC)OCO2)[C@@H](COC(=O)C(C)(C)C)C[C@H](O)CO. The molecule has 1 heterocycles. The maximum atomic E-state index is 12.3. The van der Waals surface area contributed by atoms with Crippen LogP contribution < -0.4 is 14.2 Å². The monoisotopic (exact) mass is 428 g/mol. The normalized spacial score (nSPS) is 16.1. The summed E-state index contributed by atoms with van der Waals surface area (Å²) in [6.45, 7) is 4.87. The third-order valence-electron chi connectivity index (χ3n) is 4.65. The van der Waals surface area contributed by atoms with Crippen molar-refractivity contribution in [3.05, 3.63) is 17.7 Å². The van der Waals surface area contributed by atoms with E-state index in [9.17, 15) is 15.0 Å². The molecular weight excluding hydrogens is 396 g/mol. The fraction of sp³-hybridized carbons (Fsp3) is 0.667. The molecule has 9 nitrogen and oxygen atoms in total. The molecule has 0 fully saturated rings. The largest absolute Gasteiger partial charge is 0.496 e. The van der Waals surface area contributed by atoms with Gasteiger partial charge in [-0.15, -0.1) is 0 Å². The number of esters is 1. The van der Waals surface area contributed by atoms with E-state index in [1.165, 1.54) is 14.2 Å². The van der Waals surface area contributed by atoms with E-state index in [1.54, 1.807) is 32.9 Å². The van der Waals surface area contributed by atoms with Crippen molar-refractivity contribution < 1.29 is 43.4 Å². The second-order valence-corrected chi connectivity index (χ2v) is 8.12. The Bertz CT molecular complexity index is 698. The quantitative estimate of drug-likeness (QED) is 0.404. The average Bonchev–Trinajstić information content (AvgIpc) is 3.17. The van der Waals surface area contributed by atoms with Gasteiger partial charge in [-0.1, -0.05) is 0 Å². The third-order valence-corrected chi connectivity index (χ3v) is 4.65. The van der Waals surface area contributed by atoms with Gasteiger partial charge in [0.15, 0.2) is 11.5 Å². The van der Waals surface area contributed by atoms with Crippen LogP contribution in [0.4, 0.5) is 0 Å². The predicted molar refractivity (Wildman–Crippen MR) is 106 cm³/mol. The summed E-state index contributed by atoms with van der Waals surface area (Å²) in [7, 11) is 3.01. The van der Waals surface area contributed by atoms with Gasteiger partial charge in [-0.05, 0) is 33.3 Å². The standard InChI is InChI=1S/C21H32O9/c1-21(2,3)20(24)27-10-13(6-14(23)9-22)19(30-11-25-4)15-7-17-18(29-12-28-17)8-16(15)26-5/h7-8,13-14,19,22-23H,6,9-12H2,1-5H3/t13-,14+,19+/m1/s1. The molecule has 30 heavy (non-hydrogen) atoms. The molecule has 170 valence electrons. The highest BCUT2D eigenvalue weighted by Gasteiger charge is 2.33. The van der Waals surface area contributed by atoms with Gasteiger partial charge < -0.3 is 38.6 Å². The van der Waals surface area contributed by atoms with Crippen LogP contribution >= 0.6 is 0 Å². The van der Waals surface area contributed by atoms with Crippen molar-refractivity contribution in [1.82, 2.24) is 0 Å². The number of ether oxygens (including phenoxy) is 6. The van der Waals surface area contributed by atoms with E-state index < -0.39 is 30.1 Å². The van der Waals surface area contributed by atoms with E-state index in [1.807, 2.05) is 0 Å². The second kappa shape index (κ2) is 10.8. The molecule has 3 atom stereocenters. The molecule has 1 aromatic carbocycles. The Kier molecular flexibility index (Phi) is 8.72. The molecule has 0 amide bonds. The van der Waals surface area contributed by atoms with Crippen LogP contribution in [0.25, 0.3) is 0 Å². The molecular formula is C21H32O9. The Balaban J connectivity index is 2.38. The maximum Gasteiger partial charge on any atom is 0.311 e. The molecule has 0 saturated heterocycles. The van der Waals surface area contributed by atoms with Crippen molar-refractivity contribution in [2.45, 2.75) is 39.4 Å². The molecule has 0 aliphatic carbocycles. The zero-order valence-corrected chi connectivity index (χ0v) is 18.2. The van der Waals surface area contributed by atoms with Crippen LogP contribution in [0.5, 0.6) is 17.2 Å². The summed E-state index contributed by atoms with van der Waals surface area (Å²) in [6.07, 6.45) is -1.57. The van der Waals surface area contributed by atoms with Crippen molar-refractivity contribution in [1.29, 1.82) is 0 Å². The Morgan fingerprint density at radius 2 is 1.87 bits per heavy atom. The van der Waals surface area contributed by atoms with Crippen LogP contribution in [-0.2, 0) is 19.0 Å². The van der Waals surface area contributed by atoms with E-state index in [0.717, 1.165) is 0 Å². The molecule has 0 spiro atoms. The third kappa shape index (κ3) is 6.21. The lowest BCUT2D eigenvalue weighted by Gasteiger charge is -2.30. The van der Waals surface area contributed by atoms with E-state index in [-0.39, 0.29) is 32.6 Å². The van der Waals surface area contributed by atoms with Crippen LogP contribution in [0.2, 0.25) is 0 Å². The van der Waals surface area contributed by atoms with Gasteiger partial charge in [0.05, 0.1) is 37.9 Å². The van der Waals surface area contributed by atoms with Gasteiger partial charge in [0.25, 0.3) is 0 Å². The average molecular weight is 428 g/mol. The number of aliphatic hydroxyl groups is 2. The van der Waals surface area contributed by atoms with Crippen LogP contribution in [0, 0.1) is 11.3 Å². The van der Waals surface area contributed by atoms with E-state index in [0.29, 0.717) is 22.8 Å². The lowest BCUT2D eigenvalue weighted by molar-refractivity contribution is -0.159. The molecule has 2 rings (SSSR count). The minimum Gasteiger partial charge on any atom is -0.496 e. The van der Waals surface area contributed by atoms with Gasteiger partial charge >= 0.3 is 5.97 Å². The van der Waals surface area contributed by atoms with Gasteiger partial charge in [-0.25, -0.2) is 0 Å². The number of fused-ring (bicyclic) bond motifs is 1. The number of benzene rings is 1. The Morgan fingerprint density at radius 1 is 1.20 bits per heavy atom. The van der Waals surface area contributed by atoms with Gasteiger partial charge in [0.2, 0.25) is 6.79 Å². The topological polar surface area (TPSA) is 113 Å². The van der Waals surface area contributed by atoms with Gasteiger partial charge in [0.1, 0.15) is 12.5 Å². The minimum atomic E-state index is -1.02. The van der Waals surface area contributed by atoms with Crippen molar-refractivity contribution >= 4 is 5.97 Å². The summed E-state index contributed by atoms with van der Waals surface area (Å²) >= 11 is 0. The highest BCUT2D eigenvalue weighted by Crippen LogP contribution is 2.44. The number of carbonyl (C=O) groups excluding carboxylic acids is 1. The molecule has 0 bridgehead atoms. The Hall–Kier alpha value is -2.07. The summed E-state index contributed by atoms with van der Waals surface area (Å²) in [5.74, 6) is 0.695.